The van der Waals surface area contributed by atoms with Crippen LogP contribution in [0.3, 0.4) is 0 Å². The van der Waals surface area contributed by atoms with Crippen molar-refractivity contribution in [2.45, 2.75) is 38.0 Å². The molecule has 0 radical (unpaired) electrons. The van der Waals surface area contributed by atoms with Crippen LogP contribution in [0.4, 0.5) is 4.79 Å². The number of cyclic esters (lactones) is 1. The molecule has 0 bridgehead atoms. The maximum absolute atomic E-state index is 12.4. The summed E-state index contributed by atoms with van der Waals surface area (Å²) in [5, 5.41) is 3.53. The van der Waals surface area contributed by atoms with E-state index < -0.39 is 0 Å². The van der Waals surface area contributed by atoms with Gasteiger partial charge in [-0.15, -0.1) is 0 Å². The number of carbonyl (C=O) groups is 2. The molecule has 1 spiro atoms. The molecule has 1 aromatic carbocycles. The summed E-state index contributed by atoms with van der Waals surface area (Å²) >= 11 is 6.21. The molecule has 1 N–H and O–H groups in total. The highest BCUT2D eigenvalue weighted by Crippen LogP contribution is 2.42. The van der Waals surface area contributed by atoms with Gasteiger partial charge in [0.1, 0.15) is 6.61 Å². The van der Waals surface area contributed by atoms with Gasteiger partial charge in [0.2, 0.25) is 5.91 Å². The lowest BCUT2D eigenvalue weighted by Gasteiger charge is -2.47. The van der Waals surface area contributed by atoms with Crippen molar-refractivity contribution in [3.63, 3.8) is 0 Å². The Hall–Kier alpha value is -1.79. The molecular weight excluding hydrogens is 344 g/mol. The summed E-state index contributed by atoms with van der Waals surface area (Å²) in [6.07, 6.45) is 1.01. The Morgan fingerprint density at radius 2 is 2.20 bits per heavy atom. The van der Waals surface area contributed by atoms with E-state index in [0.29, 0.717) is 44.2 Å². The molecule has 4 rings (SSSR count). The Balaban J connectivity index is 1.20. The fraction of sp³-hybridized carbons (Fsp3) is 0.556. The van der Waals surface area contributed by atoms with Crippen LogP contribution < -0.4 is 5.32 Å². The standard InChI is InChI=1S/C18H21ClN2O4/c1-11-2-3-12(15(19)4-11)9-24-14-7-21(8-14)16(22)13-5-18(6-13)10-25-17(23)20-18/h2-4,13-14H,5-10H2,1H3,(H,20,23)/t13-,18-. The average Bonchev–Trinajstić information content (AvgIpc) is 2.88. The lowest BCUT2D eigenvalue weighted by Crippen LogP contribution is -2.62. The first-order valence-electron chi connectivity index (χ1n) is 8.54. The molecule has 2 aliphatic heterocycles. The molecule has 6 nitrogen and oxygen atoms in total. The third-order valence-corrected chi connectivity index (χ3v) is 5.66. The number of benzene rings is 1. The van der Waals surface area contributed by atoms with Crippen LogP contribution >= 0.6 is 11.6 Å². The van der Waals surface area contributed by atoms with Crippen LogP contribution in [-0.4, -0.2) is 48.2 Å². The Kier molecular flexibility index (Phi) is 4.12. The van der Waals surface area contributed by atoms with E-state index in [0.717, 1.165) is 11.1 Å². The van der Waals surface area contributed by atoms with E-state index in [2.05, 4.69) is 5.32 Å². The van der Waals surface area contributed by atoms with Gasteiger partial charge in [0.25, 0.3) is 0 Å². The number of rotatable bonds is 4. The zero-order valence-corrected chi connectivity index (χ0v) is 14.8. The van der Waals surface area contributed by atoms with E-state index in [1.807, 2.05) is 30.0 Å². The lowest BCUT2D eigenvalue weighted by atomic mass is 9.68. The molecule has 0 unspecified atom stereocenters. The number of ether oxygens (including phenoxy) is 2. The van der Waals surface area contributed by atoms with Gasteiger partial charge >= 0.3 is 6.09 Å². The van der Waals surface area contributed by atoms with Crippen molar-refractivity contribution in [1.29, 1.82) is 0 Å². The van der Waals surface area contributed by atoms with Crippen LogP contribution in [-0.2, 0) is 20.9 Å². The van der Waals surface area contributed by atoms with Crippen LogP contribution in [0.25, 0.3) is 0 Å². The number of amides is 2. The first kappa shape index (κ1) is 16.7. The molecule has 134 valence electrons. The van der Waals surface area contributed by atoms with Gasteiger partial charge in [-0.3, -0.25) is 4.79 Å². The second-order valence-corrected chi connectivity index (χ2v) is 7.76. The van der Waals surface area contributed by atoms with Crippen molar-refractivity contribution in [1.82, 2.24) is 10.2 Å². The predicted molar refractivity (Wildman–Crippen MR) is 91.3 cm³/mol. The minimum absolute atomic E-state index is 0.0190. The summed E-state index contributed by atoms with van der Waals surface area (Å²) < 4.78 is 10.8. The summed E-state index contributed by atoms with van der Waals surface area (Å²) in [7, 11) is 0. The van der Waals surface area contributed by atoms with E-state index >= 15 is 0 Å². The number of hydrogen-bond acceptors (Lipinski definition) is 4. The zero-order chi connectivity index (χ0) is 17.6. The van der Waals surface area contributed by atoms with E-state index in [1.165, 1.54) is 0 Å². The average molecular weight is 365 g/mol. The van der Waals surface area contributed by atoms with Crippen molar-refractivity contribution in [3.8, 4) is 0 Å². The lowest BCUT2D eigenvalue weighted by molar-refractivity contribution is -0.155. The van der Waals surface area contributed by atoms with Crippen molar-refractivity contribution in [2.24, 2.45) is 5.92 Å². The largest absolute Gasteiger partial charge is 0.447 e. The van der Waals surface area contributed by atoms with Crippen LogP contribution in [0.2, 0.25) is 5.02 Å². The minimum Gasteiger partial charge on any atom is -0.447 e. The highest BCUT2D eigenvalue weighted by Gasteiger charge is 2.54. The molecule has 3 aliphatic rings. The molecule has 2 saturated heterocycles. The van der Waals surface area contributed by atoms with Crippen molar-refractivity contribution in [2.75, 3.05) is 19.7 Å². The van der Waals surface area contributed by atoms with Gasteiger partial charge in [-0.1, -0.05) is 23.7 Å². The molecule has 7 heteroatoms. The second-order valence-electron chi connectivity index (χ2n) is 7.36. The van der Waals surface area contributed by atoms with E-state index in [9.17, 15) is 9.59 Å². The van der Waals surface area contributed by atoms with E-state index in [1.54, 1.807) is 0 Å². The highest BCUT2D eigenvalue weighted by molar-refractivity contribution is 6.31. The zero-order valence-electron chi connectivity index (χ0n) is 14.1. The molecule has 25 heavy (non-hydrogen) atoms. The molecule has 1 aromatic rings. The summed E-state index contributed by atoms with van der Waals surface area (Å²) in [4.78, 5) is 25.4. The summed E-state index contributed by atoms with van der Waals surface area (Å²) in [6.45, 7) is 4.07. The topological polar surface area (TPSA) is 67.9 Å². The van der Waals surface area contributed by atoms with Crippen LogP contribution in [0.5, 0.6) is 0 Å². The number of halogens is 1. The van der Waals surface area contributed by atoms with Gasteiger partial charge < -0.3 is 19.7 Å². The molecule has 1 saturated carbocycles. The van der Waals surface area contributed by atoms with Crippen molar-refractivity contribution < 1.29 is 19.1 Å². The summed E-state index contributed by atoms with van der Waals surface area (Å²) in [5.74, 6) is 0.134. The number of nitrogens with zero attached hydrogens (tertiary/aromatic N) is 1. The summed E-state index contributed by atoms with van der Waals surface area (Å²) in [5.41, 5.74) is 1.78. The first-order chi connectivity index (χ1) is 11.9. The van der Waals surface area contributed by atoms with Gasteiger partial charge in [-0.2, -0.15) is 0 Å². The fourth-order valence-electron chi connectivity index (χ4n) is 3.73. The molecule has 1 aliphatic carbocycles. The van der Waals surface area contributed by atoms with Crippen LogP contribution in [0.15, 0.2) is 18.2 Å². The molecule has 0 aromatic heterocycles. The summed E-state index contributed by atoms with van der Waals surface area (Å²) in [6, 6.07) is 5.92. The molecule has 3 fully saturated rings. The van der Waals surface area contributed by atoms with Crippen molar-refractivity contribution >= 4 is 23.6 Å². The van der Waals surface area contributed by atoms with Gasteiger partial charge in [-0.25, -0.2) is 4.79 Å². The van der Waals surface area contributed by atoms with Gasteiger partial charge in [0, 0.05) is 24.0 Å². The third kappa shape index (κ3) is 3.20. The second kappa shape index (κ2) is 6.18. The normalized spacial score (nSPS) is 28.3. The van der Waals surface area contributed by atoms with Gasteiger partial charge in [-0.05, 0) is 37.0 Å². The highest BCUT2D eigenvalue weighted by atomic mass is 35.5. The number of nitrogens with one attached hydrogen (secondary N) is 1. The third-order valence-electron chi connectivity index (χ3n) is 5.31. The van der Waals surface area contributed by atoms with Gasteiger partial charge in [0.15, 0.2) is 0 Å². The Morgan fingerprint density at radius 1 is 1.44 bits per heavy atom. The Labute approximate surface area is 151 Å². The fourth-order valence-corrected chi connectivity index (χ4v) is 4.02. The van der Waals surface area contributed by atoms with Crippen LogP contribution in [0.1, 0.15) is 24.0 Å². The maximum Gasteiger partial charge on any atom is 0.407 e. The Bertz CT molecular complexity index is 711. The number of likely N-dealkylation sites (tertiary alicyclic amines) is 1. The monoisotopic (exact) mass is 364 g/mol. The quantitative estimate of drug-likeness (QED) is 0.889. The number of hydrogen-bond donors (Lipinski definition) is 1. The number of aryl methyl sites for hydroxylation is 1. The predicted octanol–water partition coefficient (Wildman–Crippen LogP) is 2.26. The van der Waals surface area contributed by atoms with Gasteiger partial charge in [0.05, 0.1) is 18.2 Å². The molecular formula is C18H21ClN2O4. The van der Waals surface area contributed by atoms with Crippen molar-refractivity contribution in [3.05, 3.63) is 34.3 Å². The molecule has 2 heterocycles. The first-order valence-corrected chi connectivity index (χ1v) is 8.92. The minimum atomic E-state index is -0.377. The SMILES string of the molecule is Cc1ccc(COC2CN(C(=O)[C@H]3C[C@@]4(COC(=O)N4)C3)C2)c(Cl)c1. The van der Waals surface area contributed by atoms with E-state index in [4.69, 9.17) is 21.1 Å². The van der Waals surface area contributed by atoms with E-state index in [-0.39, 0.29) is 29.6 Å². The number of carbonyl (C=O) groups excluding carboxylic acids is 2. The number of alkyl carbamates (subject to hydrolysis) is 1. The van der Waals surface area contributed by atoms with Crippen LogP contribution in [0, 0.1) is 12.8 Å². The maximum atomic E-state index is 12.4. The smallest absolute Gasteiger partial charge is 0.407 e. The Morgan fingerprint density at radius 3 is 2.84 bits per heavy atom. The molecule has 2 amide bonds. The molecule has 0 atom stereocenters.